The molecule has 0 aromatic heterocycles. The third-order valence-corrected chi connectivity index (χ3v) is 3.18. The highest BCUT2D eigenvalue weighted by molar-refractivity contribution is 5.68. The van der Waals surface area contributed by atoms with Crippen LogP contribution in [0, 0.1) is 6.92 Å². The summed E-state index contributed by atoms with van der Waals surface area (Å²) in [6.45, 7) is 4.07. The van der Waals surface area contributed by atoms with E-state index in [1.807, 2.05) is 31.2 Å². The molecule has 0 N–H and O–H groups in total. The smallest absolute Gasteiger partial charge is 0.493 e. The molecule has 2 aromatic rings. The Hall–Kier alpha value is -2.49. The maximum absolute atomic E-state index is 11.8. The number of hydrogen-bond acceptors (Lipinski definition) is 4. The molecule has 0 saturated heterocycles. The van der Waals surface area contributed by atoms with Crippen LogP contribution in [0.3, 0.4) is 0 Å². The van der Waals surface area contributed by atoms with E-state index in [0.29, 0.717) is 17.2 Å². The number of rotatable bonds is 5. The second-order valence-corrected chi connectivity index (χ2v) is 5.00. The molecule has 116 valence electrons. The minimum atomic E-state index is -0.787. The molecule has 0 aliphatic rings. The van der Waals surface area contributed by atoms with Gasteiger partial charge in [-0.1, -0.05) is 37.1 Å². The molecule has 0 spiro atoms. The SMILES string of the molecule is CCCc1ccc(OC(=O)Oc2ccc(C)cc2)c(OC)c1. The average molecular weight is 300 g/mol. The van der Waals surface area contributed by atoms with E-state index < -0.39 is 6.16 Å². The highest BCUT2D eigenvalue weighted by atomic mass is 16.7. The summed E-state index contributed by atoms with van der Waals surface area (Å²) in [6, 6.07) is 12.7. The molecule has 0 bridgehead atoms. The van der Waals surface area contributed by atoms with Crippen molar-refractivity contribution in [2.45, 2.75) is 26.7 Å². The molecule has 0 amide bonds. The molecule has 0 aliphatic carbocycles. The number of benzene rings is 2. The van der Waals surface area contributed by atoms with Crippen molar-refractivity contribution >= 4 is 6.16 Å². The fourth-order valence-electron chi connectivity index (χ4n) is 2.05. The van der Waals surface area contributed by atoms with Crippen LogP contribution < -0.4 is 14.2 Å². The monoisotopic (exact) mass is 300 g/mol. The number of carbonyl (C=O) groups is 1. The summed E-state index contributed by atoms with van der Waals surface area (Å²) in [5.41, 5.74) is 2.23. The van der Waals surface area contributed by atoms with Crippen molar-refractivity contribution in [3.63, 3.8) is 0 Å². The number of methoxy groups -OCH3 is 1. The molecule has 0 unspecified atom stereocenters. The van der Waals surface area contributed by atoms with Crippen molar-refractivity contribution in [1.29, 1.82) is 0 Å². The van der Waals surface area contributed by atoms with Crippen LogP contribution in [0.15, 0.2) is 42.5 Å². The van der Waals surface area contributed by atoms with Gasteiger partial charge in [0.25, 0.3) is 0 Å². The molecule has 4 nitrogen and oxygen atoms in total. The Labute approximate surface area is 130 Å². The summed E-state index contributed by atoms with van der Waals surface area (Å²) >= 11 is 0. The van der Waals surface area contributed by atoms with Gasteiger partial charge >= 0.3 is 6.16 Å². The summed E-state index contributed by atoms with van der Waals surface area (Å²) in [5.74, 6) is 1.31. The molecule has 0 heterocycles. The molecule has 0 aliphatic heterocycles. The van der Waals surface area contributed by atoms with E-state index in [4.69, 9.17) is 14.2 Å². The van der Waals surface area contributed by atoms with Gasteiger partial charge in [-0.05, 0) is 43.2 Å². The van der Waals surface area contributed by atoms with Crippen molar-refractivity contribution in [1.82, 2.24) is 0 Å². The molecular weight excluding hydrogens is 280 g/mol. The zero-order valence-electron chi connectivity index (χ0n) is 13.1. The van der Waals surface area contributed by atoms with Crippen LogP contribution in [-0.2, 0) is 6.42 Å². The third kappa shape index (κ3) is 4.25. The van der Waals surface area contributed by atoms with Gasteiger partial charge in [-0.15, -0.1) is 0 Å². The van der Waals surface area contributed by atoms with Gasteiger partial charge in [0.1, 0.15) is 5.75 Å². The van der Waals surface area contributed by atoms with Gasteiger partial charge in [-0.3, -0.25) is 0 Å². The Kier molecular flexibility index (Phi) is 5.42. The normalized spacial score (nSPS) is 10.1. The first-order valence-corrected chi connectivity index (χ1v) is 7.25. The Morgan fingerprint density at radius 3 is 2.36 bits per heavy atom. The first-order chi connectivity index (χ1) is 10.6. The van der Waals surface area contributed by atoms with E-state index in [1.165, 1.54) is 0 Å². The fourth-order valence-corrected chi connectivity index (χ4v) is 2.05. The zero-order chi connectivity index (χ0) is 15.9. The number of ether oxygens (including phenoxy) is 3. The molecule has 0 fully saturated rings. The van der Waals surface area contributed by atoms with Gasteiger partial charge < -0.3 is 14.2 Å². The maximum Gasteiger partial charge on any atom is 0.519 e. The summed E-state index contributed by atoms with van der Waals surface area (Å²) in [5, 5.41) is 0. The van der Waals surface area contributed by atoms with Gasteiger partial charge in [0.15, 0.2) is 11.5 Å². The minimum absolute atomic E-state index is 0.347. The van der Waals surface area contributed by atoms with Gasteiger partial charge in [0, 0.05) is 0 Å². The highest BCUT2D eigenvalue weighted by Gasteiger charge is 2.12. The number of carbonyl (C=O) groups excluding carboxylic acids is 1. The lowest BCUT2D eigenvalue weighted by Gasteiger charge is -2.11. The van der Waals surface area contributed by atoms with Crippen molar-refractivity contribution in [3.05, 3.63) is 53.6 Å². The van der Waals surface area contributed by atoms with E-state index in [-0.39, 0.29) is 0 Å². The lowest BCUT2D eigenvalue weighted by molar-refractivity contribution is 0.150. The lowest BCUT2D eigenvalue weighted by Crippen LogP contribution is -2.14. The third-order valence-electron chi connectivity index (χ3n) is 3.18. The summed E-state index contributed by atoms with van der Waals surface area (Å²) in [6.07, 6.45) is 1.20. The van der Waals surface area contributed by atoms with Crippen LogP contribution in [0.5, 0.6) is 17.2 Å². The molecule has 2 rings (SSSR count). The van der Waals surface area contributed by atoms with Crippen LogP contribution >= 0.6 is 0 Å². The molecule has 0 saturated carbocycles. The lowest BCUT2D eigenvalue weighted by atomic mass is 10.1. The average Bonchev–Trinajstić information content (AvgIpc) is 2.51. The van der Waals surface area contributed by atoms with Crippen molar-refractivity contribution in [3.8, 4) is 17.2 Å². The molecule has 22 heavy (non-hydrogen) atoms. The predicted molar refractivity (Wildman–Crippen MR) is 84.8 cm³/mol. The fraction of sp³-hybridized carbons (Fsp3) is 0.278. The maximum atomic E-state index is 11.8. The van der Waals surface area contributed by atoms with E-state index in [0.717, 1.165) is 24.0 Å². The highest BCUT2D eigenvalue weighted by Crippen LogP contribution is 2.29. The van der Waals surface area contributed by atoms with E-state index in [1.54, 1.807) is 25.3 Å². The first-order valence-electron chi connectivity index (χ1n) is 7.25. The van der Waals surface area contributed by atoms with Crippen LogP contribution in [0.4, 0.5) is 4.79 Å². The second-order valence-electron chi connectivity index (χ2n) is 5.00. The summed E-state index contributed by atoms with van der Waals surface area (Å²) < 4.78 is 15.6. The Bertz CT molecular complexity index is 632. The zero-order valence-corrected chi connectivity index (χ0v) is 13.1. The van der Waals surface area contributed by atoms with Crippen molar-refractivity contribution in [2.24, 2.45) is 0 Å². The standard InChI is InChI=1S/C18H20O4/c1-4-5-14-8-11-16(17(12-14)20-3)22-18(19)21-15-9-6-13(2)7-10-15/h6-12H,4-5H2,1-3H3. The molecular formula is C18H20O4. The Balaban J connectivity index is 2.05. The van der Waals surface area contributed by atoms with E-state index in [9.17, 15) is 4.79 Å². The van der Waals surface area contributed by atoms with Crippen molar-refractivity contribution in [2.75, 3.05) is 7.11 Å². The molecule has 4 heteroatoms. The van der Waals surface area contributed by atoms with Crippen molar-refractivity contribution < 1.29 is 19.0 Å². The summed E-state index contributed by atoms with van der Waals surface area (Å²) in [7, 11) is 1.54. The first kappa shape index (κ1) is 15.9. The van der Waals surface area contributed by atoms with E-state index >= 15 is 0 Å². The number of aryl methyl sites for hydroxylation is 2. The molecule has 2 aromatic carbocycles. The van der Waals surface area contributed by atoms with Crippen LogP contribution in [0.1, 0.15) is 24.5 Å². The predicted octanol–water partition coefficient (Wildman–Crippen LogP) is 4.53. The van der Waals surface area contributed by atoms with Crippen LogP contribution in [0.2, 0.25) is 0 Å². The van der Waals surface area contributed by atoms with Crippen LogP contribution in [0.25, 0.3) is 0 Å². The largest absolute Gasteiger partial charge is 0.519 e. The number of hydrogen-bond donors (Lipinski definition) is 0. The molecule has 0 atom stereocenters. The van der Waals surface area contributed by atoms with Crippen LogP contribution in [-0.4, -0.2) is 13.3 Å². The van der Waals surface area contributed by atoms with Gasteiger partial charge in [-0.2, -0.15) is 0 Å². The van der Waals surface area contributed by atoms with Gasteiger partial charge in [-0.25, -0.2) is 4.79 Å². The Morgan fingerprint density at radius 2 is 1.73 bits per heavy atom. The minimum Gasteiger partial charge on any atom is -0.493 e. The molecule has 0 radical (unpaired) electrons. The van der Waals surface area contributed by atoms with Gasteiger partial charge in [0.2, 0.25) is 0 Å². The van der Waals surface area contributed by atoms with E-state index in [2.05, 4.69) is 6.92 Å². The Morgan fingerprint density at radius 1 is 1.00 bits per heavy atom. The topological polar surface area (TPSA) is 44.8 Å². The quantitative estimate of drug-likeness (QED) is 0.601. The van der Waals surface area contributed by atoms with Gasteiger partial charge in [0.05, 0.1) is 7.11 Å². The second kappa shape index (κ2) is 7.50. The summed E-state index contributed by atoms with van der Waals surface area (Å²) in [4.78, 5) is 11.8.